The third-order valence-corrected chi connectivity index (χ3v) is 4.01. The second-order valence-corrected chi connectivity index (χ2v) is 5.30. The van der Waals surface area contributed by atoms with Crippen LogP contribution in [0.3, 0.4) is 0 Å². The van der Waals surface area contributed by atoms with Crippen molar-refractivity contribution in [1.29, 1.82) is 0 Å². The molecule has 1 aromatic heterocycles. The van der Waals surface area contributed by atoms with Crippen LogP contribution in [-0.4, -0.2) is 15.6 Å². The predicted molar refractivity (Wildman–Crippen MR) is 74.6 cm³/mol. The fourth-order valence-corrected chi connectivity index (χ4v) is 3.15. The second-order valence-electron chi connectivity index (χ2n) is 5.30. The van der Waals surface area contributed by atoms with Crippen molar-refractivity contribution in [2.45, 2.75) is 51.1 Å². The van der Waals surface area contributed by atoms with Gasteiger partial charge in [-0.1, -0.05) is 19.1 Å². The lowest BCUT2D eigenvalue weighted by Gasteiger charge is -2.20. The molecule has 0 aliphatic heterocycles. The van der Waals surface area contributed by atoms with Crippen LogP contribution in [0.2, 0.25) is 0 Å². The summed E-state index contributed by atoms with van der Waals surface area (Å²) in [6.07, 6.45) is 5.74. The minimum atomic E-state index is 0.290. The zero-order valence-electron chi connectivity index (χ0n) is 11.0. The van der Waals surface area contributed by atoms with E-state index in [1.54, 1.807) is 0 Å². The molecule has 1 aromatic carbocycles. The smallest absolute Gasteiger partial charge is 0.110 e. The summed E-state index contributed by atoms with van der Waals surface area (Å²) in [6, 6.07) is 9.16. The van der Waals surface area contributed by atoms with Gasteiger partial charge in [0.05, 0.1) is 17.1 Å². The number of para-hydroxylation sites is 2. The number of aromatic nitrogens is 2. The highest BCUT2D eigenvalue weighted by Crippen LogP contribution is 2.33. The molecule has 1 aliphatic rings. The van der Waals surface area contributed by atoms with E-state index in [0.717, 1.165) is 24.8 Å². The van der Waals surface area contributed by atoms with Crippen LogP contribution >= 0.6 is 0 Å². The van der Waals surface area contributed by atoms with Gasteiger partial charge < -0.3 is 10.3 Å². The van der Waals surface area contributed by atoms with Crippen molar-refractivity contribution in [3.63, 3.8) is 0 Å². The van der Waals surface area contributed by atoms with Crippen molar-refractivity contribution in [3.8, 4) is 0 Å². The maximum atomic E-state index is 6.28. The molecular weight excluding hydrogens is 222 g/mol. The molecule has 2 N–H and O–H groups in total. The number of hydrogen-bond acceptors (Lipinski definition) is 2. The maximum absolute atomic E-state index is 6.28. The minimum Gasteiger partial charge on any atom is -0.326 e. The van der Waals surface area contributed by atoms with Crippen LogP contribution in [0.1, 0.15) is 44.5 Å². The molecule has 0 spiro atoms. The normalized spacial score (nSPS) is 23.9. The van der Waals surface area contributed by atoms with Gasteiger partial charge in [-0.15, -0.1) is 0 Å². The Hall–Kier alpha value is -1.35. The third kappa shape index (κ3) is 1.83. The molecule has 3 heteroatoms. The Kier molecular flexibility index (Phi) is 3.08. The summed E-state index contributed by atoms with van der Waals surface area (Å²) >= 11 is 0. The first-order valence-corrected chi connectivity index (χ1v) is 7.02. The Bertz CT molecular complexity index is 544. The van der Waals surface area contributed by atoms with E-state index in [9.17, 15) is 0 Å². The highest BCUT2D eigenvalue weighted by molar-refractivity contribution is 5.76. The van der Waals surface area contributed by atoms with Gasteiger partial charge in [0.2, 0.25) is 0 Å². The van der Waals surface area contributed by atoms with Crippen LogP contribution in [0, 0.1) is 0 Å². The zero-order valence-corrected chi connectivity index (χ0v) is 11.0. The first kappa shape index (κ1) is 11.7. The lowest BCUT2D eigenvalue weighted by molar-refractivity contribution is 0.456. The molecule has 3 rings (SSSR count). The summed E-state index contributed by atoms with van der Waals surface area (Å²) in [4.78, 5) is 4.79. The van der Waals surface area contributed by atoms with E-state index < -0.39 is 0 Å². The van der Waals surface area contributed by atoms with E-state index in [0.29, 0.717) is 12.1 Å². The van der Waals surface area contributed by atoms with Gasteiger partial charge in [-0.05, 0) is 37.8 Å². The Morgan fingerprint density at radius 1 is 1.33 bits per heavy atom. The molecule has 0 saturated heterocycles. The highest BCUT2D eigenvalue weighted by atomic mass is 15.1. The number of nitrogens with zero attached hydrogens (tertiary/aromatic N) is 2. The molecule has 0 amide bonds. The quantitative estimate of drug-likeness (QED) is 0.900. The van der Waals surface area contributed by atoms with Gasteiger partial charge >= 0.3 is 0 Å². The monoisotopic (exact) mass is 243 g/mol. The average Bonchev–Trinajstić information content (AvgIpc) is 2.93. The molecule has 1 heterocycles. The van der Waals surface area contributed by atoms with E-state index in [2.05, 4.69) is 35.8 Å². The Morgan fingerprint density at radius 2 is 2.17 bits per heavy atom. The summed E-state index contributed by atoms with van der Waals surface area (Å²) in [5.41, 5.74) is 8.64. The van der Waals surface area contributed by atoms with Crippen molar-refractivity contribution < 1.29 is 0 Å². The van der Waals surface area contributed by atoms with Gasteiger partial charge in [-0.2, -0.15) is 0 Å². The van der Waals surface area contributed by atoms with E-state index in [1.165, 1.54) is 24.2 Å². The van der Waals surface area contributed by atoms with Crippen molar-refractivity contribution >= 4 is 11.0 Å². The molecule has 1 saturated carbocycles. The van der Waals surface area contributed by atoms with Crippen LogP contribution in [-0.2, 0) is 6.42 Å². The molecular formula is C15H21N3. The van der Waals surface area contributed by atoms with Gasteiger partial charge in [0.1, 0.15) is 5.82 Å². The summed E-state index contributed by atoms with van der Waals surface area (Å²) in [5, 5.41) is 0. The van der Waals surface area contributed by atoms with Gasteiger partial charge in [0.25, 0.3) is 0 Å². The van der Waals surface area contributed by atoms with Crippen molar-refractivity contribution in [3.05, 3.63) is 30.1 Å². The number of fused-ring (bicyclic) bond motifs is 1. The van der Waals surface area contributed by atoms with Crippen LogP contribution in [0.15, 0.2) is 24.3 Å². The van der Waals surface area contributed by atoms with Gasteiger partial charge in [-0.25, -0.2) is 4.98 Å². The SMILES string of the molecule is CCCc1nc2ccccc2n1C1CCCC1N. The molecule has 1 aliphatic carbocycles. The Balaban J connectivity index is 2.14. The van der Waals surface area contributed by atoms with Gasteiger partial charge in [0, 0.05) is 12.5 Å². The molecule has 3 nitrogen and oxygen atoms in total. The average molecular weight is 243 g/mol. The van der Waals surface area contributed by atoms with E-state index in [-0.39, 0.29) is 0 Å². The number of benzene rings is 1. The molecule has 2 unspecified atom stereocenters. The molecule has 1 fully saturated rings. The van der Waals surface area contributed by atoms with Crippen LogP contribution in [0.4, 0.5) is 0 Å². The lowest BCUT2D eigenvalue weighted by Crippen LogP contribution is -2.28. The van der Waals surface area contributed by atoms with E-state index in [1.807, 2.05) is 0 Å². The summed E-state index contributed by atoms with van der Waals surface area (Å²) in [6.45, 7) is 2.21. The second kappa shape index (κ2) is 4.73. The number of hydrogen-bond donors (Lipinski definition) is 1. The first-order valence-electron chi connectivity index (χ1n) is 7.02. The van der Waals surface area contributed by atoms with Crippen LogP contribution in [0.25, 0.3) is 11.0 Å². The molecule has 96 valence electrons. The Morgan fingerprint density at radius 3 is 2.89 bits per heavy atom. The third-order valence-electron chi connectivity index (χ3n) is 4.01. The van der Waals surface area contributed by atoms with Gasteiger partial charge in [-0.3, -0.25) is 0 Å². The van der Waals surface area contributed by atoms with E-state index >= 15 is 0 Å². The Labute approximate surface area is 108 Å². The fraction of sp³-hybridized carbons (Fsp3) is 0.533. The van der Waals surface area contributed by atoms with Crippen molar-refractivity contribution in [2.24, 2.45) is 5.73 Å². The maximum Gasteiger partial charge on any atom is 0.110 e. The summed E-state index contributed by atoms with van der Waals surface area (Å²) in [7, 11) is 0. The topological polar surface area (TPSA) is 43.8 Å². The molecule has 0 radical (unpaired) electrons. The molecule has 0 bridgehead atoms. The summed E-state index contributed by atoms with van der Waals surface area (Å²) < 4.78 is 2.41. The summed E-state index contributed by atoms with van der Waals surface area (Å²) in [5.74, 6) is 1.21. The number of rotatable bonds is 3. The van der Waals surface area contributed by atoms with Crippen LogP contribution in [0.5, 0.6) is 0 Å². The van der Waals surface area contributed by atoms with Crippen molar-refractivity contribution in [1.82, 2.24) is 9.55 Å². The molecule has 2 aromatic rings. The van der Waals surface area contributed by atoms with Crippen LogP contribution < -0.4 is 5.73 Å². The fourth-order valence-electron chi connectivity index (χ4n) is 3.15. The lowest BCUT2D eigenvalue weighted by atomic mass is 10.1. The number of imidazole rings is 1. The highest BCUT2D eigenvalue weighted by Gasteiger charge is 2.28. The number of aryl methyl sites for hydroxylation is 1. The molecule has 2 atom stereocenters. The largest absolute Gasteiger partial charge is 0.326 e. The minimum absolute atomic E-state index is 0.290. The molecule has 18 heavy (non-hydrogen) atoms. The number of nitrogens with two attached hydrogens (primary N) is 1. The van der Waals surface area contributed by atoms with Crippen molar-refractivity contribution in [2.75, 3.05) is 0 Å². The van der Waals surface area contributed by atoms with E-state index in [4.69, 9.17) is 10.7 Å². The predicted octanol–water partition coefficient (Wildman–Crippen LogP) is 3.04. The zero-order chi connectivity index (χ0) is 12.5. The standard InChI is InChI=1S/C15H21N3/c1-2-6-15-17-12-8-3-4-9-14(12)18(15)13-10-5-7-11(13)16/h3-4,8-9,11,13H,2,5-7,10,16H2,1H3. The van der Waals surface area contributed by atoms with Gasteiger partial charge in [0.15, 0.2) is 0 Å². The first-order chi connectivity index (χ1) is 8.81.